The van der Waals surface area contributed by atoms with Gasteiger partial charge < -0.3 is 5.32 Å². The minimum Gasteiger partial charge on any atom is -0.316 e. The molecule has 0 radical (unpaired) electrons. The summed E-state index contributed by atoms with van der Waals surface area (Å²) >= 11 is 0. The zero-order valence-electron chi connectivity index (χ0n) is 8.78. The van der Waals surface area contributed by atoms with E-state index in [1.54, 1.807) is 13.2 Å². The molecule has 1 unspecified atom stereocenters. The second-order valence-electron chi connectivity index (χ2n) is 3.12. The second-order valence-corrected chi connectivity index (χ2v) is 7.14. The molecule has 0 aliphatic heterocycles. The normalized spacial score (nSPS) is 14.1. The van der Waals surface area contributed by atoms with E-state index in [9.17, 15) is 12.6 Å². The summed E-state index contributed by atoms with van der Waals surface area (Å²) in [5, 5.41) is 3.02. The Hall–Kier alpha value is 0.0600. The molecule has 0 aliphatic carbocycles. The van der Waals surface area contributed by atoms with Crippen molar-refractivity contribution in [1.82, 2.24) is 5.32 Å². The van der Waals surface area contributed by atoms with Crippen molar-refractivity contribution in [3.8, 4) is 0 Å². The minimum absolute atomic E-state index is 0.193. The van der Waals surface area contributed by atoms with Gasteiger partial charge >= 0.3 is 0 Å². The van der Waals surface area contributed by atoms with Crippen molar-refractivity contribution in [2.75, 3.05) is 36.6 Å². The quantitative estimate of drug-likeness (QED) is 0.597. The highest BCUT2D eigenvalue weighted by Crippen LogP contribution is 1.87. The molecule has 1 N–H and O–H groups in total. The fraction of sp³-hybridized carbons (Fsp3) is 1.00. The van der Waals surface area contributed by atoms with E-state index in [1.165, 1.54) is 0 Å². The molecule has 0 bridgehead atoms. The van der Waals surface area contributed by atoms with E-state index in [2.05, 4.69) is 5.32 Å². The van der Waals surface area contributed by atoms with E-state index in [-0.39, 0.29) is 11.5 Å². The molecule has 0 aromatic carbocycles. The van der Waals surface area contributed by atoms with Gasteiger partial charge in [0, 0.05) is 35.1 Å². The van der Waals surface area contributed by atoms with E-state index in [4.69, 9.17) is 0 Å². The number of hydrogen-bond acceptors (Lipinski definition) is 4. The Morgan fingerprint density at radius 3 is 2.43 bits per heavy atom. The van der Waals surface area contributed by atoms with Crippen LogP contribution in [0.4, 0.5) is 0 Å². The zero-order chi connectivity index (χ0) is 11.0. The van der Waals surface area contributed by atoms with Gasteiger partial charge in [0.25, 0.3) is 0 Å². The van der Waals surface area contributed by atoms with Gasteiger partial charge in [0.2, 0.25) is 0 Å². The van der Waals surface area contributed by atoms with E-state index in [0.717, 1.165) is 13.0 Å². The predicted octanol–water partition coefficient (Wildman–Crippen LogP) is -0.221. The Morgan fingerprint density at radius 1 is 1.29 bits per heavy atom. The summed E-state index contributed by atoms with van der Waals surface area (Å²) in [6.45, 7) is 2.88. The highest BCUT2D eigenvalue weighted by Gasteiger charge is 2.05. The van der Waals surface area contributed by atoms with Crippen molar-refractivity contribution in [2.45, 2.75) is 13.3 Å². The summed E-state index contributed by atoms with van der Waals surface area (Å²) in [6, 6.07) is 0. The molecule has 0 rings (SSSR count). The summed E-state index contributed by atoms with van der Waals surface area (Å²) in [5.41, 5.74) is 0. The number of hydrogen-bond donors (Lipinski definition) is 1. The third-order valence-electron chi connectivity index (χ3n) is 1.82. The summed E-state index contributed by atoms with van der Waals surface area (Å²) < 4.78 is 32.8. The van der Waals surface area contributed by atoms with Crippen LogP contribution in [0.1, 0.15) is 13.3 Å². The van der Waals surface area contributed by atoms with Crippen molar-refractivity contribution in [1.29, 1.82) is 0 Å². The van der Waals surface area contributed by atoms with E-state index in [1.807, 2.05) is 0 Å². The maximum atomic E-state index is 11.1. The van der Waals surface area contributed by atoms with Gasteiger partial charge in [-0.3, -0.25) is 4.21 Å². The summed E-state index contributed by atoms with van der Waals surface area (Å²) in [6.07, 6.45) is 2.50. The lowest BCUT2D eigenvalue weighted by Gasteiger charge is -2.03. The minimum atomic E-state index is -2.85. The van der Waals surface area contributed by atoms with E-state index >= 15 is 0 Å². The van der Waals surface area contributed by atoms with Crippen LogP contribution < -0.4 is 5.32 Å². The molecule has 6 heteroatoms. The van der Waals surface area contributed by atoms with Crippen LogP contribution in [0.15, 0.2) is 0 Å². The van der Waals surface area contributed by atoms with Gasteiger partial charge in [-0.05, 0) is 13.0 Å². The lowest BCUT2D eigenvalue weighted by Crippen LogP contribution is -2.25. The Balaban J connectivity index is 3.35. The average Bonchev–Trinajstić information content (AvgIpc) is 2.10. The Morgan fingerprint density at radius 2 is 1.93 bits per heavy atom. The molecule has 0 saturated carbocycles. The fourth-order valence-electron chi connectivity index (χ4n) is 0.897. The molecule has 14 heavy (non-hydrogen) atoms. The van der Waals surface area contributed by atoms with Crippen molar-refractivity contribution in [3.63, 3.8) is 0 Å². The predicted molar refractivity (Wildman–Crippen MR) is 60.7 cm³/mol. The van der Waals surface area contributed by atoms with Crippen LogP contribution in [0, 0.1) is 0 Å². The first kappa shape index (κ1) is 14.1. The molecule has 4 nitrogen and oxygen atoms in total. The Labute approximate surface area is 88.8 Å². The number of rotatable bonds is 8. The molecule has 0 aromatic heterocycles. The Bertz CT molecular complexity index is 262. The van der Waals surface area contributed by atoms with E-state index in [0.29, 0.717) is 12.3 Å². The van der Waals surface area contributed by atoms with Crippen molar-refractivity contribution in [2.24, 2.45) is 0 Å². The van der Waals surface area contributed by atoms with Crippen LogP contribution in [-0.4, -0.2) is 49.2 Å². The van der Waals surface area contributed by atoms with Gasteiger partial charge in [-0.15, -0.1) is 0 Å². The van der Waals surface area contributed by atoms with Gasteiger partial charge in [0.05, 0.1) is 5.75 Å². The standard InChI is InChI=1S/C8H19NO3S2/c1-3-14(11,12)8-6-9-5-4-7-13(2)10/h9H,3-8H2,1-2H3. The smallest absolute Gasteiger partial charge is 0.151 e. The molecule has 0 heterocycles. The van der Waals surface area contributed by atoms with Gasteiger partial charge in [-0.2, -0.15) is 0 Å². The van der Waals surface area contributed by atoms with Crippen molar-refractivity contribution in [3.05, 3.63) is 0 Å². The molecule has 86 valence electrons. The topological polar surface area (TPSA) is 63.2 Å². The molecule has 0 aliphatic rings. The van der Waals surface area contributed by atoms with Crippen LogP contribution >= 0.6 is 0 Å². The van der Waals surface area contributed by atoms with Gasteiger partial charge in [0.15, 0.2) is 9.84 Å². The highest BCUT2D eigenvalue weighted by molar-refractivity contribution is 7.91. The van der Waals surface area contributed by atoms with Crippen LogP contribution in [0.3, 0.4) is 0 Å². The largest absolute Gasteiger partial charge is 0.316 e. The van der Waals surface area contributed by atoms with Crippen LogP contribution in [0.2, 0.25) is 0 Å². The van der Waals surface area contributed by atoms with Gasteiger partial charge in [-0.1, -0.05) is 6.92 Å². The number of nitrogens with one attached hydrogen (secondary N) is 1. The first-order valence-electron chi connectivity index (χ1n) is 4.69. The van der Waals surface area contributed by atoms with Crippen molar-refractivity contribution >= 4 is 20.6 Å². The SMILES string of the molecule is CCS(=O)(=O)CCNCCCS(C)=O. The molecule has 0 aromatic rings. The summed E-state index contributed by atoms with van der Waals surface area (Å²) in [5.74, 6) is 1.07. The maximum Gasteiger partial charge on any atom is 0.151 e. The molecular weight excluding hydrogens is 222 g/mol. The highest BCUT2D eigenvalue weighted by atomic mass is 32.2. The summed E-state index contributed by atoms with van der Waals surface area (Å²) in [4.78, 5) is 0. The lowest BCUT2D eigenvalue weighted by molar-refractivity contribution is 0.591. The third-order valence-corrected chi connectivity index (χ3v) is 4.38. The monoisotopic (exact) mass is 241 g/mol. The Kier molecular flexibility index (Phi) is 7.40. The second kappa shape index (κ2) is 7.36. The van der Waals surface area contributed by atoms with Gasteiger partial charge in [-0.25, -0.2) is 8.42 Å². The molecular formula is C8H19NO3S2. The average molecular weight is 241 g/mol. The molecule has 0 amide bonds. The first-order valence-corrected chi connectivity index (χ1v) is 8.24. The molecule has 0 fully saturated rings. The molecule has 0 spiro atoms. The maximum absolute atomic E-state index is 11.1. The fourth-order valence-corrected chi connectivity index (χ4v) is 2.19. The molecule has 0 saturated heterocycles. The van der Waals surface area contributed by atoms with Crippen LogP contribution in [0.5, 0.6) is 0 Å². The zero-order valence-corrected chi connectivity index (χ0v) is 10.4. The van der Waals surface area contributed by atoms with Crippen molar-refractivity contribution < 1.29 is 12.6 Å². The molecule has 1 atom stereocenters. The third kappa shape index (κ3) is 8.65. The van der Waals surface area contributed by atoms with Crippen LogP contribution in [-0.2, 0) is 20.6 Å². The van der Waals surface area contributed by atoms with E-state index < -0.39 is 20.6 Å². The first-order chi connectivity index (χ1) is 6.48. The van der Waals surface area contributed by atoms with Gasteiger partial charge in [0.1, 0.15) is 0 Å². The van der Waals surface area contributed by atoms with Crippen LogP contribution in [0.25, 0.3) is 0 Å². The summed E-state index contributed by atoms with van der Waals surface area (Å²) in [7, 11) is -3.59. The number of sulfone groups is 1. The lowest BCUT2D eigenvalue weighted by atomic mass is 10.5.